The molecule has 2 fully saturated rings. The van der Waals surface area contributed by atoms with Crippen LogP contribution in [0.1, 0.15) is 36.4 Å². The first-order valence-corrected chi connectivity index (χ1v) is 11.3. The molecule has 1 unspecified atom stereocenters. The summed E-state index contributed by atoms with van der Waals surface area (Å²) in [6.07, 6.45) is 5.34. The van der Waals surface area contributed by atoms with Gasteiger partial charge in [-0.1, -0.05) is 42.1 Å². The Hall–Kier alpha value is -2.12. The van der Waals surface area contributed by atoms with Gasteiger partial charge in [-0.05, 0) is 56.2 Å². The normalized spacial score (nSPS) is 23.9. The fourth-order valence-electron chi connectivity index (χ4n) is 4.74. The Morgan fingerprint density at radius 2 is 2.10 bits per heavy atom. The molecule has 2 aromatic heterocycles. The number of hydrogen-bond acceptors (Lipinski definition) is 6. The van der Waals surface area contributed by atoms with Gasteiger partial charge in [0.05, 0.1) is 5.69 Å². The number of thioether (sulfide) groups is 1. The molecular weight excluding hydrogens is 382 g/mol. The zero-order valence-electron chi connectivity index (χ0n) is 17.0. The first-order valence-electron chi connectivity index (χ1n) is 10.4. The van der Waals surface area contributed by atoms with Crippen LogP contribution in [-0.2, 0) is 7.05 Å². The van der Waals surface area contributed by atoms with Gasteiger partial charge in [0, 0.05) is 19.3 Å². The molecule has 1 aliphatic heterocycles. The number of likely N-dealkylation sites (tertiary alicyclic amines) is 1. The molecule has 6 nitrogen and oxygen atoms in total. The maximum atomic E-state index is 5.45. The van der Waals surface area contributed by atoms with Crippen LogP contribution in [0, 0.1) is 12.3 Å². The van der Waals surface area contributed by atoms with Crippen molar-refractivity contribution < 1.29 is 4.42 Å². The van der Waals surface area contributed by atoms with Gasteiger partial charge in [-0.2, -0.15) is 0 Å². The van der Waals surface area contributed by atoms with E-state index in [1.807, 2.05) is 18.5 Å². The monoisotopic (exact) mass is 409 g/mol. The van der Waals surface area contributed by atoms with E-state index in [1.54, 1.807) is 11.8 Å². The summed E-state index contributed by atoms with van der Waals surface area (Å²) in [4.78, 5) is 6.80. The molecule has 7 heteroatoms. The minimum Gasteiger partial charge on any atom is -0.440 e. The van der Waals surface area contributed by atoms with Crippen LogP contribution >= 0.6 is 11.8 Å². The second kappa shape index (κ2) is 7.61. The molecule has 1 saturated heterocycles. The van der Waals surface area contributed by atoms with E-state index in [9.17, 15) is 0 Å². The maximum absolute atomic E-state index is 5.45. The standard InChI is InChI=1S/C22H27N5OS/c1-16-19(28-15-23-16)20-24-25-21(26(20)2)29-12-6-10-27-11-9-22(14-27)13-18(22)17-7-4-3-5-8-17/h3-5,7-8,15,18H,6,9-14H2,1-2H3/t18-,22?/m0/s1. The number of aromatic nitrogens is 4. The van der Waals surface area contributed by atoms with Crippen LogP contribution in [0.5, 0.6) is 0 Å². The lowest BCUT2D eigenvalue weighted by molar-refractivity contribution is 0.319. The smallest absolute Gasteiger partial charge is 0.202 e. The van der Waals surface area contributed by atoms with Crippen LogP contribution in [0.3, 0.4) is 0 Å². The molecule has 2 aliphatic rings. The fraction of sp³-hybridized carbons (Fsp3) is 0.500. The van der Waals surface area contributed by atoms with Crippen LogP contribution in [0.2, 0.25) is 0 Å². The molecule has 1 aliphatic carbocycles. The van der Waals surface area contributed by atoms with E-state index in [1.165, 1.54) is 50.9 Å². The van der Waals surface area contributed by atoms with Crippen LogP contribution in [-0.4, -0.2) is 50.0 Å². The van der Waals surface area contributed by atoms with E-state index in [0.717, 1.165) is 28.3 Å². The molecule has 1 saturated carbocycles. The topological polar surface area (TPSA) is 60.0 Å². The third kappa shape index (κ3) is 3.62. The predicted octanol–water partition coefficient (Wildman–Crippen LogP) is 4.14. The number of nitrogens with zero attached hydrogens (tertiary/aromatic N) is 5. The van der Waals surface area contributed by atoms with Gasteiger partial charge >= 0.3 is 0 Å². The van der Waals surface area contributed by atoms with Crippen molar-refractivity contribution >= 4 is 11.8 Å². The highest BCUT2D eigenvalue weighted by molar-refractivity contribution is 7.99. The van der Waals surface area contributed by atoms with Crippen LogP contribution in [0.4, 0.5) is 0 Å². The molecule has 3 heterocycles. The lowest BCUT2D eigenvalue weighted by Crippen LogP contribution is -2.23. The third-order valence-electron chi connectivity index (χ3n) is 6.49. The van der Waals surface area contributed by atoms with E-state index in [2.05, 4.69) is 50.4 Å². The van der Waals surface area contributed by atoms with Crippen LogP contribution in [0.15, 0.2) is 46.3 Å². The first kappa shape index (κ1) is 18.9. The summed E-state index contributed by atoms with van der Waals surface area (Å²) in [7, 11) is 1.99. The molecule has 5 rings (SSSR count). The Kier molecular flexibility index (Phi) is 4.95. The number of oxazole rings is 1. The van der Waals surface area contributed by atoms with Gasteiger partial charge in [-0.3, -0.25) is 0 Å². The lowest BCUT2D eigenvalue weighted by atomic mass is 9.98. The van der Waals surface area contributed by atoms with E-state index < -0.39 is 0 Å². The second-order valence-corrected chi connectivity index (χ2v) is 9.45. The maximum Gasteiger partial charge on any atom is 0.202 e. The number of rotatable bonds is 7. The van der Waals surface area contributed by atoms with Crippen LogP contribution in [0.25, 0.3) is 11.6 Å². The van der Waals surface area contributed by atoms with E-state index in [0.29, 0.717) is 11.2 Å². The molecule has 29 heavy (non-hydrogen) atoms. The number of benzene rings is 1. The van der Waals surface area contributed by atoms with E-state index in [-0.39, 0.29) is 0 Å². The van der Waals surface area contributed by atoms with Crippen molar-refractivity contribution in [3.63, 3.8) is 0 Å². The highest BCUT2D eigenvalue weighted by atomic mass is 32.2. The van der Waals surface area contributed by atoms with Crippen molar-refractivity contribution in [1.29, 1.82) is 0 Å². The van der Waals surface area contributed by atoms with Gasteiger partial charge in [-0.25, -0.2) is 4.98 Å². The molecule has 0 amide bonds. The Balaban J connectivity index is 1.10. The van der Waals surface area contributed by atoms with Crippen molar-refractivity contribution in [3.05, 3.63) is 48.0 Å². The summed E-state index contributed by atoms with van der Waals surface area (Å²) in [5.74, 6) is 3.27. The minimum atomic E-state index is 0.557. The third-order valence-corrected chi connectivity index (χ3v) is 7.60. The molecule has 152 valence electrons. The van der Waals surface area contributed by atoms with Gasteiger partial charge < -0.3 is 13.9 Å². The van der Waals surface area contributed by atoms with Crippen molar-refractivity contribution in [1.82, 2.24) is 24.6 Å². The van der Waals surface area contributed by atoms with Crippen molar-refractivity contribution in [2.75, 3.05) is 25.4 Å². The average molecular weight is 410 g/mol. The van der Waals surface area contributed by atoms with Crippen molar-refractivity contribution in [2.45, 2.75) is 37.3 Å². The van der Waals surface area contributed by atoms with Crippen molar-refractivity contribution in [3.8, 4) is 11.6 Å². The molecule has 0 N–H and O–H groups in total. The Bertz CT molecular complexity index is 984. The molecule has 1 aromatic carbocycles. The minimum absolute atomic E-state index is 0.557. The Labute approximate surface area is 175 Å². The lowest BCUT2D eigenvalue weighted by Gasteiger charge is -2.16. The zero-order valence-corrected chi connectivity index (χ0v) is 17.9. The Morgan fingerprint density at radius 3 is 2.90 bits per heavy atom. The predicted molar refractivity (Wildman–Crippen MR) is 114 cm³/mol. The van der Waals surface area contributed by atoms with E-state index >= 15 is 0 Å². The average Bonchev–Trinajstić information content (AvgIpc) is 3.02. The highest BCUT2D eigenvalue weighted by Gasteiger charge is 2.57. The largest absolute Gasteiger partial charge is 0.440 e. The van der Waals surface area contributed by atoms with Gasteiger partial charge in [0.2, 0.25) is 5.82 Å². The molecule has 3 aromatic rings. The SMILES string of the molecule is Cc1ncoc1-c1nnc(SCCCN2CCC3(C[C@H]3c3ccccc3)C2)n1C. The summed E-state index contributed by atoms with van der Waals surface area (Å²) >= 11 is 1.77. The Morgan fingerprint density at radius 1 is 1.24 bits per heavy atom. The molecule has 0 radical (unpaired) electrons. The fourth-order valence-corrected chi connectivity index (χ4v) is 5.57. The molecule has 2 atom stereocenters. The van der Waals surface area contributed by atoms with E-state index in [4.69, 9.17) is 4.42 Å². The summed E-state index contributed by atoms with van der Waals surface area (Å²) in [6, 6.07) is 11.1. The first-order chi connectivity index (χ1) is 14.2. The molecular formula is C22H27N5OS. The van der Waals surface area contributed by atoms with Crippen LogP contribution < -0.4 is 0 Å². The highest BCUT2D eigenvalue weighted by Crippen LogP contribution is 2.64. The molecule has 0 bridgehead atoms. The van der Waals surface area contributed by atoms with Gasteiger partial charge in [0.1, 0.15) is 0 Å². The number of hydrogen-bond donors (Lipinski definition) is 0. The van der Waals surface area contributed by atoms with Gasteiger partial charge in [-0.15, -0.1) is 10.2 Å². The quantitative estimate of drug-likeness (QED) is 0.432. The summed E-state index contributed by atoms with van der Waals surface area (Å²) in [6.45, 7) is 5.59. The zero-order chi connectivity index (χ0) is 19.8. The summed E-state index contributed by atoms with van der Waals surface area (Å²) in [5, 5.41) is 9.55. The molecule has 1 spiro atoms. The number of aryl methyl sites for hydroxylation is 1. The second-order valence-electron chi connectivity index (χ2n) is 8.39. The van der Waals surface area contributed by atoms with Gasteiger partial charge in [0.15, 0.2) is 17.3 Å². The van der Waals surface area contributed by atoms with Gasteiger partial charge in [0.25, 0.3) is 0 Å². The summed E-state index contributed by atoms with van der Waals surface area (Å²) < 4.78 is 7.45. The van der Waals surface area contributed by atoms with Crippen molar-refractivity contribution in [2.24, 2.45) is 12.5 Å². The summed E-state index contributed by atoms with van der Waals surface area (Å²) in [5.41, 5.74) is 2.93.